The Bertz CT molecular complexity index is 1090. The van der Waals surface area contributed by atoms with Gasteiger partial charge in [0.1, 0.15) is 11.3 Å². The zero-order valence-corrected chi connectivity index (χ0v) is 20.0. The Labute approximate surface area is 202 Å². The van der Waals surface area contributed by atoms with Crippen molar-refractivity contribution in [2.75, 3.05) is 38.2 Å². The number of amides is 1. The fourth-order valence-electron chi connectivity index (χ4n) is 4.99. The summed E-state index contributed by atoms with van der Waals surface area (Å²) in [7, 11) is 0. The van der Waals surface area contributed by atoms with Crippen molar-refractivity contribution in [1.29, 1.82) is 0 Å². The van der Waals surface area contributed by atoms with Gasteiger partial charge in [0, 0.05) is 55.1 Å². The summed E-state index contributed by atoms with van der Waals surface area (Å²) in [4.78, 5) is 26.3. The van der Waals surface area contributed by atoms with Gasteiger partial charge in [0.25, 0.3) is 5.91 Å². The van der Waals surface area contributed by atoms with Gasteiger partial charge in [-0.25, -0.2) is 9.97 Å². The summed E-state index contributed by atoms with van der Waals surface area (Å²) in [5.74, 6) is 0.274. The fraction of sp³-hybridized carbons (Fsp3) is 0.625. The van der Waals surface area contributed by atoms with Gasteiger partial charge in [0.2, 0.25) is 5.95 Å². The van der Waals surface area contributed by atoms with Crippen LogP contribution in [0.1, 0.15) is 54.7 Å². The highest BCUT2D eigenvalue weighted by Crippen LogP contribution is 2.39. The Morgan fingerprint density at radius 2 is 2.11 bits per heavy atom. The second-order valence-corrected chi connectivity index (χ2v) is 10.4. The molecule has 0 radical (unpaired) electrons. The van der Waals surface area contributed by atoms with E-state index in [1.54, 1.807) is 4.90 Å². The number of fused-ring (bicyclic) bond motifs is 1. The van der Waals surface area contributed by atoms with Crippen LogP contribution >= 0.6 is 0 Å². The van der Waals surface area contributed by atoms with E-state index < -0.39 is 11.7 Å². The van der Waals surface area contributed by atoms with Crippen LogP contribution < -0.4 is 10.6 Å². The molecule has 0 spiro atoms. The zero-order valence-electron chi connectivity index (χ0n) is 20.0. The molecule has 3 aliphatic heterocycles. The number of nitrogens with zero attached hydrogens (tertiary/aromatic N) is 3. The smallest absolute Gasteiger partial charge is 0.381 e. The molecule has 8 nitrogen and oxygen atoms in total. The summed E-state index contributed by atoms with van der Waals surface area (Å²) >= 11 is 0. The van der Waals surface area contributed by atoms with E-state index >= 15 is 0 Å². The number of hydrogen-bond donors (Lipinski definition) is 3. The molecule has 35 heavy (non-hydrogen) atoms. The number of ether oxygens (including phenoxy) is 1. The maximum Gasteiger partial charge on any atom is 0.419 e. The molecular formula is C24H31F3N6O2. The lowest BCUT2D eigenvalue weighted by Crippen LogP contribution is -2.50. The molecule has 2 fully saturated rings. The van der Waals surface area contributed by atoms with Crippen LogP contribution in [-0.4, -0.2) is 70.2 Å². The third-order valence-corrected chi connectivity index (χ3v) is 7.16. The van der Waals surface area contributed by atoms with Crippen LogP contribution in [0.15, 0.2) is 12.4 Å². The first kappa shape index (κ1) is 24.1. The second kappa shape index (κ2) is 9.09. The number of rotatable bonds is 5. The predicted molar refractivity (Wildman–Crippen MR) is 124 cm³/mol. The number of aromatic amines is 1. The summed E-state index contributed by atoms with van der Waals surface area (Å²) in [5.41, 5.74) is 0.149. The first-order valence-electron chi connectivity index (χ1n) is 12.1. The molecule has 1 amide bonds. The van der Waals surface area contributed by atoms with Crippen LogP contribution in [-0.2, 0) is 17.3 Å². The summed E-state index contributed by atoms with van der Waals surface area (Å²) in [6, 6.07) is 0.0153. The van der Waals surface area contributed by atoms with Crippen molar-refractivity contribution in [3.63, 3.8) is 0 Å². The maximum absolute atomic E-state index is 13.9. The summed E-state index contributed by atoms with van der Waals surface area (Å²) in [5, 5.41) is 6.63. The van der Waals surface area contributed by atoms with Gasteiger partial charge in [-0.3, -0.25) is 4.79 Å². The fourth-order valence-corrected chi connectivity index (χ4v) is 4.99. The normalized spacial score (nSPS) is 22.9. The van der Waals surface area contributed by atoms with E-state index in [4.69, 9.17) is 4.74 Å². The molecule has 0 saturated carbocycles. The van der Waals surface area contributed by atoms with Crippen LogP contribution in [0.4, 0.5) is 19.1 Å². The molecule has 3 N–H and O–H groups in total. The Hall–Kier alpha value is -2.66. The first-order valence-corrected chi connectivity index (χ1v) is 12.1. The van der Waals surface area contributed by atoms with Crippen LogP contribution in [0.5, 0.6) is 0 Å². The molecule has 3 aliphatic rings. The lowest BCUT2D eigenvalue weighted by molar-refractivity contribution is -0.137. The number of H-pyrrole nitrogens is 1. The number of hydrogen-bond acceptors (Lipinski definition) is 6. The molecule has 5 heterocycles. The molecule has 190 valence electrons. The first-order chi connectivity index (χ1) is 16.6. The Balaban J connectivity index is 1.45. The number of piperidine rings is 1. The molecule has 0 bridgehead atoms. The van der Waals surface area contributed by atoms with Gasteiger partial charge in [-0.15, -0.1) is 0 Å². The average molecular weight is 493 g/mol. The SMILES string of the molecule is CC1(C)CCC(Nc2ncc(C(F)(F)F)c(-c3c[nH]c4c3CCCN(CC3COC3)C4=O)n2)CN1. The Morgan fingerprint density at radius 3 is 2.77 bits per heavy atom. The Kier molecular flexibility index (Phi) is 6.25. The van der Waals surface area contributed by atoms with E-state index in [-0.39, 0.29) is 29.1 Å². The molecule has 2 saturated heterocycles. The summed E-state index contributed by atoms with van der Waals surface area (Å²) in [6.45, 7) is 7.33. The molecule has 11 heteroatoms. The van der Waals surface area contributed by atoms with Crippen LogP contribution in [0, 0.1) is 5.92 Å². The van der Waals surface area contributed by atoms with Gasteiger partial charge in [0.15, 0.2) is 0 Å². The Morgan fingerprint density at radius 1 is 1.31 bits per heavy atom. The lowest BCUT2D eigenvalue weighted by atomic mass is 9.91. The molecule has 0 aliphatic carbocycles. The van der Waals surface area contributed by atoms with E-state index in [0.717, 1.165) is 19.0 Å². The third kappa shape index (κ3) is 5.02. The number of nitrogens with one attached hydrogen (secondary N) is 3. The molecule has 2 aromatic rings. The molecule has 0 aromatic carbocycles. The van der Waals surface area contributed by atoms with Crippen LogP contribution in [0.25, 0.3) is 11.3 Å². The minimum absolute atomic E-state index is 0.0153. The standard InChI is InChI=1S/C24H31F3N6O2/c1-23(2)6-5-15(8-30-23)31-22-29-10-18(24(25,26)27)19(32-22)17-9-28-20-16(17)4-3-7-33(21(20)34)11-14-12-35-13-14/h9-10,14-15,28,30H,3-8,11-13H2,1-2H3,(H,29,31,32). The highest BCUT2D eigenvalue weighted by Gasteiger charge is 2.38. The van der Waals surface area contributed by atoms with E-state index in [2.05, 4.69) is 39.4 Å². The number of halogens is 3. The lowest BCUT2D eigenvalue weighted by Gasteiger charge is -2.36. The summed E-state index contributed by atoms with van der Waals surface area (Å²) < 4.78 is 47.1. The van der Waals surface area contributed by atoms with Gasteiger partial charge in [-0.2, -0.15) is 13.2 Å². The quantitative estimate of drug-likeness (QED) is 0.592. The largest absolute Gasteiger partial charge is 0.419 e. The van der Waals surface area contributed by atoms with Gasteiger partial charge >= 0.3 is 6.18 Å². The molecule has 1 atom stereocenters. The number of carbonyl (C=O) groups excluding carboxylic acids is 1. The molecule has 2 aromatic heterocycles. The van der Waals surface area contributed by atoms with E-state index in [1.807, 2.05) is 0 Å². The molecule has 1 unspecified atom stereocenters. The van der Waals surface area contributed by atoms with E-state index in [9.17, 15) is 18.0 Å². The van der Waals surface area contributed by atoms with Crippen LogP contribution in [0.2, 0.25) is 0 Å². The average Bonchev–Trinajstić information content (AvgIpc) is 3.12. The third-order valence-electron chi connectivity index (χ3n) is 7.16. The molecule has 5 rings (SSSR count). The topological polar surface area (TPSA) is 95.2 Å². The van der Waals surface area contributed by atoms with E-state index in [0.29, 0.717) is 68.4 Å². The van der Waals surface area contributed by atoms with Crippen molar-refractivity contribution < 1.29 is 22.7 Å². The predicted octanol–water partition coefficient (Wildman–Crippen LogP) is 3.47. The van der Waals surface area contributed by atoms with Gasteiger partial charge in [-0.05, 0) is 45.1 Å². The second-order valence-electron chi connectivity index (χ2n) is 10.4. The zero-order chi connectivity index (χ0) is 24.8. The van der Waals surface area contributed by atoms with Crippen molar-refractivity contribution in [2.45, 2.75) is 57.3 Å². The van der Waals surface area contributed by atoms with Crippen LogP contribution in [0.3, 0.4) is 0 Å². The highest BCUT2D eigenvalue weighted by atomic mass is 19.4. The van der Waals surface area contributed by atoms with Gasteiger partial charge in [0.05, 0.1) is 18.9 Å². The number of aromatic nitrogens is 3. The van der Waals surface area contributed by atoms with Crippen molar-refractivity contribution in [2.24, 2.45) is 5.92 Å². The number of anilines is 1. The van der Waals surface area contributed by atoms with Crippen molar-refractivity contribution in [3.8, 4) is 11.3 Å². The highest BCUT2D eigenvalue weighted by molar-refractivity contribution is 5.96. The molecular weight excluding hydrogens is 461 g/mol. The van der Waals surface area contributed by atoms with Crippen molar-refractivity contribution in [3.05, 3.63) is 29.2 Å². The van der Waals surface area contributed by atoms with Gasteiger partial charge < -0.3 is 25.3 Å². The maximum atomic E-state index is 13.9. The van der Waals surface area contributed by atoms with Crippen molar-refractivity contribution in [1.82, 2.24) is 25.2 Å². The number of carbonyl (C=O) groups is 1. The minimum atomic E-state index is -4.63. The summed E-state index contributed by atoms with van der Waals surface area (Å²) in [6.07, 6.45) is 0.627. The van der Waals surface area contributed by atoms with Crippen molar-refractivity contribution >= 4 is 11.9 Å². The minimum Gasteiger partial charge on any atom is -0.381 e. The monoisotopic (exact) mass is 492 g/mol. The number of alkyl halides is 3. The van der Waals surface area contributed by atoms with E-state index in [1.165, 1.54) is 6.20 Å². The van der Waals surface area contributed by atoms with Gasteiger partial charge in [-0.1, -0.05) is 0 Å².